The van der Waals surface area contributed by atoms with Crippen molar-refractivity contribution in [2.45, 2.75) is 0 Å². The van der Waals surface area contributed by atoms with Crippen LogP contribution in [0.2, 0.25) is 0 Å². The second kappa shape index (κ2) is 22.7. The molecule has 2 N–H and O–H groups in total. The summed E-state index contributed by atoms with van der Waals surface area (Å²) in [5.41, 5.74) is 0. The van der Waals surface area contributed by atoms with Crippen LogP contribution in [-0.4, -0.2) is 22.2 Å². The Bertz CT molecular complexity index is 131. The predicted octanol–water partition coefficient (Wildman–Crippen LogP) is 1.82. The number of aliphatic carboxylic acids is 2. The van der Waals surface area contributed by atoms with Gasteiger partial charge in [-0.05, 0) is 0 Å². The third-order valence-corrected chi connectivity index (χ3v) is 0.368. The molecule has 0 saturated heterocycles. The zero-order valence-electron chi connectivity index (χ0n) is 5.91. The highest BCUT2D eigenvalue weighted by Crippen LogP contribution is 1.70. The number of carbonyl (C=O) groups is 2. The summed E-state index contributed by atoms with van der Waals surface area (Å²) in [6.07, 6.45) is 1.12. The molecule has 0 saturated carbocycles. The molecule has 0 fully saturated rings. The molecule has 0 unspecified atom stereocenters. The van der Waals surface area contributed by atoms with Crippen LogP contribution in [0.3, 0.4) is 0 Å². The van der Waals surface area contributed by atoms with Crippen LogP contribution in [0.4, 0.5) is 0 Å². The second-order valence-corrected chi connectivity index (χ2v) is 1.01. The van der Waals surface area contributed by atoms with Gasteiger partial charge in [-0.2, -0.15) is 0 Å². The smallest absolute Gasteiger partial charge is 0.328 e. The first-order valence-corrected chi connectivity index (χ1v) is 1.77. The summed E-state index contributed by atoms with van der Waals surface area (Å²) in [6, 6.07) is 0. The van der Waals surface area contributed by atoms with E-state index in [0.29, 0.717) is 12.2 Å². The molecule has 0 aromatic carbocycles. The summed E-state index contributed by atoms with van der Waals surface area (Å²) in [5, 5.41) is 15.6. The number of carboxylic acid groups (broad SMARTS) is 2. The van der Waals surface area contributed by atoms with Crippen molar-refractivity contribution in [3.05, 3.63) is 12.2 Å². The van der Waals surface area contributed by atoms with Crippen LogP contribution in [-0.2, 0) is 9.59 Å². The molecule has 0 aliphatic heterocycles. The quantitative estimate of drug-likeness (QED) is 0.763. The van der Waals surface area contributed by atoms with E-state index in [2.05, 4.69) is 0 Å². The zero-order chi connectivity index (χ0) is 6.57. The van der Waals surface area contributed by atoms with E-state index >= 15 is 0 Å². The van der Waals surface area contributed by atoms with Gasteiger partial charge in [-0.15, -0.1) is 62.0 Å². The van der Waals surface area contributed by atoms with Crippen molar-refractivity contribution in [1.82, 2.24) is 0 Å². The highest BCUT2D eigenvalue weighted by atomic mass is 35.5. The molecule has 0 aliphatic carbocycles. The fraction of sp³-hybridized carbons (Fsp3) is 0. The predicted molar refractivity (Wildman–Crippen MR) is 60.7 cm³/mol. The summed E-state index contributed by atoms with van der Waals surface area (Å²) >= 11 is 0. The van der Waals surface area contributed by atoms with E-state index in [1.54, 1.807) is 0 Å². The van der Waals surface area contributed by atoms with E-state index < -0.39 is 11.9 Å². The lowest BCUT2D eigenvalue weighted by Gasteiger charge is -1.74. The van der Waals surface area contributed by atoms with Crippen molar-refractivity contribution in [2.75, 3.05) is 0 Å². The minimum absolute atomic E-state index is 0. The zero-order valence-corrected chi connectivity index (χ0v) is 9.99. The average Bonchev–Trinajstić information content (AvgIpc) is 1.61. The Morgan fingerprint density at radius 2 is 0.846 bits per heavy atom. The van der Waals surface area contributed by atoms with Crippen LogP contribution in [0.25, 0.3) is 0 Å². The first kappa shape index (κ1) is 38.0. The van der Waals surface area contributed by atoms with Gasteiger partial charge in [-0.1, -0.05) is 0 Å². The van der Waals surface area contributed by atoms with Gasteiger partial charge in [-0.3, -0.25) is 0 Å². The monoisotopic (exact) mass is 296 g/mol. The minimum atomic E-state index is -1.26. The molecule has 0 aliphatic rings. The molecule has 13 heavy (non-hydrogen) atoms. The third kappa shape index (κ3) is 47.3. The van der Waals surface area contributed by atoms with Crippen molar-refractivity contribution in [1.29, 1.82) is 0 Å². The molecule has 84 valence electrons. The van der Waals surface area contributed by atoms with Gasteiger partial charge in [0.25, 0.3) is 0 Å². The van der Waals surface area contributed by atoms with Gasteiger partial charge in [0.2, 0.25) is 0 Å². The highest BCUT2D eigenvalue weighted by molar-refractivity contribution is 5.89. The summed E-state index contributed by atoms with van der Waals surface area (Å²) in [7, 11) is 0. The third-order valence-electron chi connectivity index (χ3n) is 0.368. The summed E-state index contributed by atoms with van der Waals surface area (Å²) in [4.78, 5) is 19.1. The van der Waals surface area contributed by atoms with Gasteiger partial charge < -0.3 is 10.2 Å². The highest BCUT2D eigenvalue weighted by Gasteiger charge is 1.88. The maximum Gasteiger partial charge on any atom is 0.328 e. The molecule has 0 atom stereocenters. The van der Waals surface area contributed by atoms with Crippen LogP contribution in [0.5, 0.6) is 0 Å². The summed E-state index contributed by atoms with van der Waals surface area (Å²) in [5.74, 6) is -2.51. The number of hydrogen-bond donors (Lipinski definition) is 2. The Morgan fingerprint density at radius 1 is 0.692 bits per heavy atom. The van der Waals surface area contributed by atoms with E-state index in [1.165, 1.54) is 0 Å². The molecule has 0 bridgehead atoms. The first-order chi connectivity index (χ1) is 3.63. The van der Waals surface area contributed by atoms with Crippen molar-refractivity contribution < 1.29 is 19.8 Å². The first-order valence-electron chi connectivity index (χ1n) is 1.77. The maximum absolute atomic E-state index is 9.55. The minimum Gasteiger partial charge on any atom is -0.478 e. The van der Waals surface area contributed by atoms with Crippen molar-refractivity contribution in [3.63, 3.8) is 0 Å². The molecule has 0 rings (SSSR count). The molecule has 0 radical (unpaired) electrons. The summed E-state index contributed by atoms with van der Waals surface area (Å²) in [6.45, 7) is 0. The molecular formula is C4H9Cl5O4. The Balaban J connectivity index is -0.0000000245. The van der Waals surface area contributed by atoms with Crippen molar-refractivity contribution in [2.24, 2.45) is 0 Å². The normalized spacial score (nSPS) is 5.85. The van der Waals surface area contributed by atoms with Gasteiger partial charge in [0.1, 0.15) is 0 Å². The van der Waals surface area contributed by atoms with E-state index in [1.807, 2.05) is 0 Å². The number of halogens is 5. The van der Waals surface area contributed by atoms with E-state index in [9.17, 15) is 9.59 Å². The van der Waals surface area contributed by atoms with Crippen LogP contribution in [0, 0.1) is 0 Å². The lowest BCUT2D eigenvalue weighted by atomic mass is 10.5. The van der Waals surface area contributed by atoms with Gasteiger partial charge in [0, 0.05) is 12.2 Å². The van der Waals surface area contributed by atoms with E-state index in [4.69, 9.17) is 10.2 Å². The van der Waals surface area contributed by atoms with Gasteiger partial charge in [-0.25, -0.2) is 9.59 Å². The average molecular weight is 298 g/mol. The molecule has 0 spiro atoms. The van der Waals surface area contributed by atoms with E-state index in [0.717, 1.165) is 0 Å². The Kier molecular flexibility index (Phi) is 66.5. The lowest BCUT2D eigenvalue weighted by molar-refractivity contribution is -0.134. The van der Waals surface area contributed by atoms with Crippen LogP contribution in [0.1, 0.15) is 0 Å². The topological polar surface area (TPSA) is 74.6 Å². The Labute approximate surface area is 106 Å². The van der Waals surface area contributed by atoms with Gasteiger partial charge in [0.05, 0.1) is 0 Å². The lowest BCUT2D eigenvalue weighted by Crippen LogP contribution is -1.91. The molecule has 0 aromatic heterocycles. The maximum atomic E-state index is 9.55. The Morgan fingerprint density at radius 3 is 0.923 bits per heavy atom. The number of hydrogen-bond acceptors (Lipinski definition) is 2. The largest absolute Gasteiger partial charge is 0.478 e. The van der Waals surface area contributed by atoms with Crippen LogP contribution < -0.4 is 0 Å². The van der Waals surface area contributed by atoms with Crippen LogP contribution >= 0.6 is 62.0 Å². The van der Waals surface area contributed by atoms with Gasteiger partial charge >= 0.3 is 11.9 Å². The van der Waals surface area contributed by atoms with Crippen molar-refractivity contribution in [3.8, 4) is 0 Å². The van der Waals surface area contributed by atoms with Crippen LogP contribution in [0.15, 0.2) is 12.2 Å². The molecular weight excluding hydrogens is 289 g/mol. The Hall–Kier alpha value is 0.130. The summed E-state index contributed by atoms with van der Waals surface area (Å²) < 4.78 is 0. The molecule has 0 heterocycles. The fourth-order valence-corrected chi connectivity index (χ4v) is 0.143. The molecule has 0 aromatic rings. The number of rotatable bonds is 2. The van der Waals surface area contributed by atoms with E-state index in [-0.39, 0.29) is 62.0 Å². The molecule has 4 nitrogen and oxygen atoms in total. The molecule has 0 amide bonds. The van der Waals surface area contributed by atoms with Gasteiger partial charge in [0.15, 0.2) is 0 Å². The second-order valence-electron chi connectivity index (χ2n) is 1.01. The fourth-order valence-electron chi connectivity index (χ4n) is 0.143. The SMILES string of the molecule is Cl.Cl.Cl.Cl.Cl.O=C(O)/C=C/C(=O)O. The van der Waals surface area contributed by atoms with Crippen molar-refractivity contribution >= 4 is 74.0 Å². The number of carboxylic acids is 2. The standard InChI is InChI=1S/C4H4O4.5ClH/c5-3(6)1-2-4(7)8;;;;;/h1-2H,(H,5,6)(H,7,8);5*1H/b2-1+;;;;;. The molecule has 9 heteroatoms.